The fourth-order valence-corrected chi connectivity index (χ4v) is 2.56. The zero-order chi connectivity index (χ0) is 13.0. The highest BCUT2D eigenvalue weighted by molar-refractivity contribution is 6.18. The van der Waals surface area contributed by atoms with E-state index in [0.717, 1.165) is 12.8 Å². The van der Waals surface area contributed by atoms with Gasteiger partial charge in [0.15, 0.2) is 0 Å². The molecule has 1 aromatic heterocycles. The van der Waals surface area contributed by atoms with Gasteiger partial charge in [-0.1, -0.05) is 29.8 Å². The van der Waals surface area contributed by atoms with Crippen molar-refractivity contribution in [2.45, 2.75) is 25.7 Å². The average molecular weight is 263 g/mol. The molecule has 18 heavy (non-hydrogen) atoms. The van der Waals surface area contributed by atoms with Gasteiger partial charge in [0, 0.05) is 24.8 Å². The fraction of sp³-hybridized carbons (Fsp3) is 0.400. The van der Waals surface area contributed by atoms with Crippen LogP contribution in [0, 0.1) is 6.92 Å². The molecule has 1 unspecified atom stereocenters. The summed E-state index contributed by atoms with van der Waals surface area (Å²) in [7, 11) is 1.98. The highest BCUT2D eigenvalue weighted by atomic mass is 35.5. The van der Waals surface area contributed by atoms with Crippen LogP contribution < -0.4 is 0 Å². The highest BCUT2D eigenvalue weighted by Crippen LogP contribution is 2.23. The molecule has 0 aliphatic carbocycles. The molecule has 3 heteroatoms. The Morgan fingerprint density at radius 1 is 1.33 bits per heavy atom. The number of alkyl halides is 1. The predicted octanol–water partition coefficient (Wildman–Crippen LogP) is 3.68. The number of halogens is 1. The summed E-state index contributed by atoms with van der Waals surface area (Å²) in [6, 6.07) is 10.7. The predicted molar refractivity (Wildman–Crippen MR) is 76.2 cm³/mol. The van der Waals surface area contributed by atoms with Gasteiger partial charge in [0.1, 0.15) is 0 Å². The van der Waals surface area contributed by atoms with Crippen molar-refractivity contribution < 1.29 is 0 Å². The number of hydrogen-bond acceptors (Lipinski definition) is 1. The SMILES string of the molecule is Cc1cccc(C(CCl)CCc2ccnn2C)c1. The Balaban J connectivity index is 2.04. The molecule has 1 aromatic carbocycles. The number of aryl methyl sites for hydroxylation is 3. The van der Waals surface area contributed by atoms with Crippen LogP contribution >= 0.6 is 11.6 Å². The lowest BCUT2D eigenvalue weighted by molar-refractivity contribution is 0.634. The van der Waals surface area contributed by atoms with Crippen molar-refractivity contribution in [3.05, 3.63) is 53.3 Å². The van der Waals surface area contributed by atoms with Crippen LogP contribution in [-0.2, 0) is 13.5 Å². The molecule has 0 amide bonds. The number of aromatic nitrogens is 2. The maximum absolute atomic E-state index is 6.11. The van der Waals surface area contributed by atoms with E-state index < -0.39 is 0 Å². The van der Waals surface area contributed by atoms with Crippen molar-refractivity contribution in [3.63, 3.8) is 0 Å². The Labute approximate surface area is 114 Å². The van der Waals surface area contributed by atoms with Gasteiger partial charge < -0.3 is 0 Å². The summed E-state index contributed by atoms with van der Waals surface area (Å²) in [6.45, 7) is 2.12. The Kier molecular flexibility index (Phi) is 4.43. The van der Waals surface area contributed by atoms with Crippen LogP contribution in [0.1, 0.15) is 29.2 Å². The largest absolute Gasteiger partial charge is 0.273 e. The van der Waals surface area contributed by atoms with E-state index in [-0.39, 0.29) is 0 Å². The lowest BCUT2D eigenvalue weighted by Crippen LogP contribution is -2.05. The second kappa shape index (κ2) is 6.05. The number of hydrogen-bond donors (Lipinski definition) is 0. The van der Waals surface area contributed by atoms with Crippen LogP contribution in [0.15, 0.2) is 36.5 Å². The Bertz CT molecular complexity index is 505. The van der Waals surface area contributed by atoms with Gasteiger partial charge in [0.25, 0.3) is 0 Å². The number of rotatable bonds is 5. The first kappa shape index (κ1) is 13.2. The van der Waals surface area contributed by atoms with E-state index in [2.05, 4.69) is 42.4 Å². The summed E-state index contributed by atoms with van der Waals surface area (Å²) < 4.78 is 1.93. The molecule has 1 atom stereocenters. The summed E-state index contributed by atoms with van der Waals surface area (Å²) >= 11 is 6.11. The summed E-state index contributed by atoms with van der Waals surface area (Å²) in [5, 5.41) is 4.19. The van der Waals surface area contributed by atoms with E-state index >= 15 is 0 Å². The first-order valence-electron chi connectivity index (χ1n) is 6.30. The van der Waals surface area contributed by atoms with Gasteiger partial charge in [0.2, 0.25) is 0 Å². The molecule has 0 fully saturated rings. The van der Waals surface area contributed by atoms with Gasteiger partial charge in [-0.2, -0.15) is 5.10 Å². The van der Waals surface area contributed by atoms with Crippen molar-refractivity contribution in [3.8, 4) is 0 Å². The third-order valence-corrected chi connectivity index (χ3v) is 3.74. The maximum Gasteiger partial charge on any atom is 0.0492 e. The van der Waals surface area contributed by atoms with Crippen LogP contribution in [0.2, 0.25) is 0 Å². The molecule has 2 rings (SSSR count). The molecule has 1 heterocycles. The first-order valence-corrected chi connectivity index (χ1v) is 6.83. The third-order valence-electron chi connectivity index (χ3n) is 3.37. The van der Waals surface area contributed by atoms with Gasteiger partial charge in [0.05, 0.1) is 0 Å². The minimum Gasteiger partial charge on any atom is -0.273 e. The van der Waals surface area contributed by atoms with Crippen molar-refractivity contribution in [2.24, 2.45) is 7.05 Å². The number of benzene rings is 1. The standard InChI is InChI=1S/C15H19ClN2/c1-12-4-3-5-13(10-12)14(11-16)6-7-15-8-9-17-18(15)2/h3-5,8-10,14H,6-7,11H2,1-2H3. The third kappa shape index (κ3) is 3.14. The summed E-state index contributed by atoms with van der Waals surface area (Å²) in [6.07, 6.45) is 3.92. The quantitative estimate of drug-likeness (QED) is 0.752. The lowest BCUT2D eigenvalue weighted by atomic mass is 9.94. The smallest absolute Gasteiger partial charge is 0.0492 e. The Morgan fingerprint density at radius 2 is 2.17 bits per heavy atom. The molecule has 0 aliphatic rings. The zero-order valence-electron chi connectivity index (χ0n) is 10.9. The molecule has 0 bridgehead atoms. The average Bonchev–Trinajstić information content (AvgIpc) is 2.76. The van der Waals surface area contributed by atoms with Crippen molar-refractivity contribution in [1.82, 2.24) is 9.78 Å². The summed E-state index contributed by atoms with van der Waals surface area (Å²) in [4.78, 5) is 0. The number of nitrogens with zero attached hydrogens (tertiary/aromatic N) is 2. The molecule has 0 saturated heterocycles. The van der Waals surface area contributed by atoms with E-state index in [1.54, 1.807) is 0 Å². The van der Waals surface area contributed by atoms with Crippen LogP contribution in [0.4, 0.5) is 0 Å². The normalized spacial score (nSPS) is 12.6. The van der Waals surface area contributed by atoms with Crippen molar-refractivity contribution >= 4 is 11.6 Å². The Hall–Kier alpha value is -1.28. The van der Waals surface area contributed by atoms with Gasteiger partial charge in [-0.3, -0.25) is 4.68 Å². The summed E-state index contributed by atoms with van der Waals surface area (Å²) in [5.74, 6) is 1.09. The minimum atomic E-state index is 0.418. The van der Waals surface area contributed by atoms with Crippen molar-refractivity contribution in [2.75, 3.05) is 5.88 Å². The van der Waals surface area contributed by atoms with Crippen LogP contribution in [0.5, 0.6) is 0 Å². The molecule has 0 aliphatic heterocycles. The monoisotopic (exact) mass is 262 g/mol. The molecule has 0 saturated carbocycles. The molecule has 96 valence electrons. The molecule has 0 N–H and O–H groups in total. The van der Waals surface area contributed by atoms with Crippen LogP contribution in [0.3, 0.4) is 0 Å². The van der Waals surface area contributed by atoms with Gasteiger partial charge in [-0.05, 0) is 37.3 Å². The van der Waals surface area contributed by atoms with Gasteiger partial charge >= 0.3 is 0 Å². The first-order chi connectivity index (χ1) is 8.70. The zero-order valence-corrected chi connectivity index (χ0v) is 11.7. The van der Waals surface area contributed by atoms with E-state index in [9.17, 15) is 0 Å². The van der Waals surface area contributed by atoms with E-state index in [1.807, 2.05) is 17.9 Å². The van der Waals surface area contributed by atoms with E-state index in [4.69, 9.17) is 11.6 Å². The second-order valence-corrected chi connectivity index (χ2v) is 5.06. The fourth-order valence-electron chi connectivity index (χ4n) is 2.23. The van der Waals surface area contributed by atoms with Gasteiger partial charge in [-0.25, -0.2) is 0 Å². The lowest BCUT2D eigenvalue weighted by Gasteiger charge is -2.15. The molecule has 2 nitrogen and oxygen atoms in total. The molecular formula is C15H19ClN2. The molecule has 2 aromatic rings. The summed E-state index contributed by atoms with van der Waals surface area (Å²) in [5.41, 5.74) is 3.90. The van der Waals surface area contributed by atoms with E-state index in [1.165, 1.54) is 16.8 Å². The Morgan fingerprint density at radius 3 is 2.78 bits per heavy atom. The van der Waals surface area contributed by atoms with Crippen LogP contribution in [0.25, 0.3) is 0 Å². The highest BCUT2D eigenvalue weighted by Gasteiger charge is 2.11. The topological polar surface area (TPSA) is 17.8 Å². The molecular weight excluding hydrogens is 244 g/mol. The second-order valence-electron chi connectivity index (χ2n) is 4.75. The van der Waals surface area contributed by atoms with E-state index in [0.29, 0.717) is 11.8 Å². The van der Waals surface area contributed by atoms with Gasteiger partial charge in [-0.15, -0.1) is 11.6 Å². The maximum atomic E-state index is 6.11. The minimum absolute atomic E-state index is 0.418. The molecule has 0 spiro atoms. The van der Waals surface area contributed by atoms with Crippen LogP contribution in [-0.4, -0.2) is 15.7 Å². The molecule has 0 radical (unpaired) electrons. The van der Waals surface area contributed by atoms with Crippen molar-refractivity contribution in [1.29, 1.82) is 0 Å².